The highest BCUT2D eigenvalue weighted by atomic mass is 16.3. The van der Waals surface area contributed by atoms with Gasteiger partial charge in [-0.1, -0.05) is 60.7 Å². The van der Waals surface area contributed by atoms with Gasteiger partial charge in [0.25, 0.3) is 0 Å². The number of azo groups is 1. The van der Waals surface area contributed by atoms with Gasteiger partial charge in [-0.3, -0.25) is 0 Å². The average molecular weight is 313 g/mol. The Morgan fingerprint density at radius 2 is 1.33 bits per heavy atom. The molecule has 0 radical (unpaired) electrons. The van der Waals surface area contributed by atoms with Crippen LogP contribution in [0.1, 0.15) is 0 Å². The van der Waals surface area contributed by atoms with E-state index >= 15 is 0 Å². The number of para-hydroxylation sites is 1. The molecule has 2 N–H and O–H groups in total. The molecule has 0 aliphatic rings. The van der Waals surface area contributed by atoms with E-state index in [0.29, 0.717) is 5.69 Å². The standard InChI is InChI=1S/C20H15N3O/c24-20-19(17-8-4-5-9-18(17)21-20)23-22-16-12-10-15(11-13-16)14-6-2-1-3-7-14/h1-13,21,24H. The molecule has 0 spiro atoms. The van der Waals surface area contributed by atoms with Gasteiger partial charge in [0.1, 0.15) is 0 Å². The van der Waals surface area contributed by atoms with Gasteiger partial charge in [0.15, 0.2) is 5.69 Å². The molecule has 4 rings (SSSR count). The Labute approximate surface area is 139 Å². The van der Waals surface area contributed by atoms with Crippen LogP contribution in [0.2, 0.25) is 0 Å². The summed E-state index contributed by atoms with van der Waals surface area (Å²) >= 11 is 0. The molecule has 0 unspecified atom stereocenters. The normalized spacial score (nSPS) is 11.3. The summed E-state index contributed by atoms with van der Waals surface area (Å²) in [6.45, 7) is 0. The molecule has 3 aromatic carbocycles. The lowest BCUT2D eigenvalue weighted by Crippen LogP contribution is -1.75. The maximum absolute atomic E-state index is 10.00. The first-order chi connectivity index (χ1) is 11.8. The van der Waals surface area contributed by atoms with Gasteiger partial charge < -0.3 is 10.1 Å². The molecule has 1 aromatic heterocycles. The molecular formula is C20H15N3O. The summed E-state index contributed by atoms with van der Waals surface area (Å²) in [4.78, 5) is 2.90. The van der Waals surface area contributed by atoms with E-state index in [1.54, 1.807) is 0 Å². The minimum atomic E-state index is 0.0286. The van der Waals surface area contributed by atoms with E-state index in [0.717, 1.165) is 27.7 Å². The number of H-pyrrole nitrogens is 1. The Morgan fingerprint density at radius 1 is 0.667 bits per heavy atom. The van der Waals surface area contributed by atoms with Crippen molar-refractivity contribution in [2.45, 2.75) is 0 Å². The molecule has 0 saturated carbocycles. The van der Waals surface area contributed by atoms with Crippen LogP contribution in [0.5, 0.6) is 5.88 Å². The van der Waals surface area contributed by atoms with E-state index in [1.165, 1.54) is 0 Å². The molecule has 0 aliphatic heterocycles. The zero-order chi connectivity index (χ0) is 16.4. The Bertz CT molecular complexity index is 1000. The summed E-state index contributed by atoms with van der Waals surface area (Å²) < 4.78 is 0. The highest BCUT2D eigenvalue weighted by Crippen LogP contribution is 2.36. The minimum Gasteiger partial charge on any atom is -0.493 e. The second kappa shape index (κ2) is 6.01. The number of rotatable bonds is 3. The van der Waals surface area contributed by atoms with Gasteiger partial charge in [0.2, 0.25) is 5.88 Å². The average Bonchev–Trinajstić information content (AvgIpc) is 2.96. The molecule has 4 heteroatoms. The van der Waals surface area contributed by atoms with E-state index in [9.17, 15) is 5.11 Å². The molecule has 0 atom stereocenters. The van der Waals surface area contributed by atoms with Gasteiger partial charge in [-0.25, -0.2) is 0 Å². The highest BCUT2D eigenvalue weighted by molar-refractivity contribution is 5.94. The van der Waals surface area contributed by atoms with E-state index in [4.69, 9.17) is 0 Å². The van der Waals surface area contributed by atoms with Crippen LogP contribution < -0.4 is 0 Å². The van der Waals surface area contributed by atoms with Crippen LogP contribution in [0.3, 0.4) is 0 Å². The van der Waals surface area contributed by atoms with Gasteiger partial charge >= 0.3 is 0 Å². The van der Waals surface area contributed by atoms with Crippen LogP contribution in [0.25, 0.3) is 22.0 Å². The molecule has 0 fully saturated rings. The lowest BCUT2D eigenvalue weighted by molar-refractivity contribution is 0.459. The van der Waals surface area contributed by atoms with E-state index in [2.05, 4.69) is 27.3 Å². The summed E-state index contributed by atoms with van der Waals surface area (Å²) in [5, 5.41) is 19.3. The maximum atomic E-state index is 10.00. The van der Waals surface area contributed by atoms with E-state index in [1.807, 2.05) is 66.7 Å². The number of aromatic amines is 1. The lowest BCUT2D eigenvalue weighted by Gasteiger charge is -2.01. The summed E-state index contributed by atoms with van der Waals surface area (Å²) in [5.74, 6) is 0.0286. The number of nitrogens with one attached hydrogen (secondary N) is 1. The van der Waals surface area contributed by atoms with Gasteiger partial charge in [-0.05, 0) is 29.3 Å². The SMILES string of the molecule is Oc1[nH]c2ccccc2c1N=Nc1ccc(-c2ccccc2)cc1. The molecule has 24 heavy (non-hydrogen) atoms. The Morgan fingerprint density at radius 3 is 2.12 bits per heavy atom. The Kier molecular flexibility index (Phi) is 3.56. The molecule has 1 heterocycles. The third-order valence-corrected chi connectivity index (χ3v) is 3.90. The lowest BCUT2D eigenvalue weighted by atomic mass is 10.1. The second-order valence-electron chi connectivity index (χ2n) is 5.48. The molecule has 0 aliphatic carbocycles. The fourth-order valence-corrected chi connectivity index (χ4v) is 2.67. The fourth-order valence-electron chi connectivity index (χ4n) is 2.67. The van der Waals surface area contributed by atoms with Crippen LogP contribution in [-0.4, -0.2) is 10.1 Å². The number of benzene rings is 3. The van der Waals surface area contributed by atoms with Crippen molar-refractivity contribution in [3.05, 3.63) is 78.9 Å². The monoisotopic (exact) mass is 313 g/mol. The van der Waals surface area contributed by atoms with Crippen molar-refractivity contribution in [1.29, 1.82) is 0 Å². The van der Waals surface area contributed by atoms with Gasteiger partial charge in [-0.15, -0.1) is 5.11 Å². The fraction of sp³-hybridized carbons (Fsp3) is 0. The molecule has 0 amide bonds. The van der Waals surface area contributed by atoms with Crippen LogP contribution in [0.4, 0.5) is 11.4 Å². The molecular weight excluding hydrogens is 298 g/mol. The van der Waals surface area contributed by atoms with Gasteiger partial charge in [-0.2, -0.15) is 5.11 Å². The first kappa shape index (κ1) is 14.2. The maximum Gasteiger partial charge on any atom is 0.218 e. The number of fused-ring (bicyclic) bond motifs is 1. The van der Waals surface area contributed by atoms with Gasteiger partial charge in [0, 0.05) is 5.39 Å². The van der Waals surface area contributed by atoms with Crippen molar-refractivity contribution in [2.75, 3.05) is 0 Å². The molecule has 0 saturated heterocycles. The molecule has 116 valence electrons. The van der Waals surface area contributed by atoms with Crippen molar-refractivity contribution in [2.24, 2.45) is 10.2 Å². The van der Waals surface area contributed by atoms with Crippen LogP contribution >= 0.6 is 0 Å². The molecule has 4 aromatic rings. The number of hydrogen-bond donors (Lipinski definition) is 2. The number of aromatic nitrogens is 1. The third-order valence-electron chi connectivity index (χ3n) is 3.90. The smallest absolute Gasteiger partial charge is 0.218 e. The quantitative estimate of drug-likeness (QED) is 0.451. The number of hydrogen-bond acceptors (Lipinski definition) is 3. The van der Waals surface area contributed by atoms with E-state index < -0.39 is 0 Å². The van der Waals surface area contributed by atoms with Crippen LogP contribution in [0.15, 0.2) is 89.1 Å². The zero-order valence-electron chi connectivity index (χ0n) is 12.8. The summed E-state index contributed by atoms with van der Waals surface area (Å²) in [6.07, 6.45) is 0. The predicted molar refractivity (Wildman–Crippen MR) is 96.0 cm³/mol. The molecule has 4 nitrogen and oxygen atoms in total. The largest absolute Gasteiger partial charge is 0.493 e. The third kappa shape index (κ3) is 2.65. The van der Waals surface area contributed by atoms with Crippen molar-refractivity contribution in [3.63, 3.8) is 0 Å². The first-order valence-electron chi connectivity index (χ1n) is 7.68. The summed E-state index contributed by atoms with van der Waals surface area (Å²) in [7, 11) is 0. The van der Waals surface area contributed by atoms with Crippen molar-refractivity contribution in [1.82, 2.24) is 4.98 Å². The predicted octanol–water partition coefficient (Wildman–Crippen LogP) is 5.96. The van der Waals surface area contributed by atoms with Crippen LogP contribution in [0, 0.1) is 0 Å². The van der Waals surface area contributed by atoms with Crippen molar-refractivity contribution < 1.29 is 5.11 Å². The van der Waals surface area contributed by atoms with Gasteiger partial charge in [0.05, 0.1) is 11.2 Å². The number of nitrogens with zero attached hydrogens (tertiary/aromatic N) is 2. The Hall–Kier alpha value is -3.40. The highest BCUT2D eigenvalue weighted by Gasteiger charge is 2.09. The number of aromatic hydroxyl groups is 1. The van der Waals surface area contributed by atoms with Crippen LogP contribution in [-0.2, 0) is 0 Å². The summed E-state index contributed by atoms with van der Waals surface area (Å²) in [5.41, 5.74) is 4.32. The second-order valence-corrected chi connectivity index (χ2v) is 5.48. The molecule has 0 bridgehead atoms. The van der Waals surface area contributed by atoms with Crippen molar-refractivity contribution in [3.8, 4) is 17.0 Å². The van der Waals surface area contributed by atoms with Crippen molar-refractivity contribution >= 4 is 22.3 Å². The summed E-state index contributed by atoms with van der Waals surface area (Å²) in [6, 6.07) is 25.6. The Balaban J connectivity index is 1.63. The first-order valence-corrected chi connectivity index (χ1v) is 7.68. The van der Waals surface area contributed by atoms with E-state index in [-0.39, 0.29) is 5.88 Å². The minimum absolute atomic E-state index is 0.0286. The zero-order valence-corrected chi connectivity index (χ0v) is 12.8. The topological polar surface area (TPSA) is 60.7 Å².